The lowest BCUT2D eigenvalue weighted by molar-refractivity contribution is -0.137. The third kappa shape index (κ3) is 4.42. The van der Waals surface area contributed by atoms with E-state index in [4.69, 9.17) is 0 Å². The fourth-order valence-corrected chi connectivity index (χ4v) is 3.22. The van der Waals surface area contributed by atoms with Gasteiger partial charge in [-0.2, -0.15) is 13.2 Å². The van der Waals surface area contributed by atoms with Gasteiger partial charge in [0.05, 0.1) is 22.9 Å². The number of nitrogens with one attached hydrogen (secondary N) is 3. The summed E-state index contributed by atoms with van der Waals surface area (Å²) in [5.74, 6) is -0.726. The number of urea groups is 1. The SMILES string of the molecule is CCc1ccc([C@@H]2NC(=O)NC(C)=C2C(=O)Nc2ccccc2C(F)(F)F)cc1. The average molecular weight is 403 g/mol. The molecule has 3 N–H and O–H groups in total. The molecule has 1 aliphatic rings. The van der Waals surface area contributed by atoms with Crippen molar-refractivity contribution in [1.82, 2.24) is 10.6 Å². The normalized spacial score (nSPS) is 16.9. The summed E-state index contributed by atoms with van der Waals surface area (Å²) in [6.07, 6.45) is -3.78. The Kier molecular flexibility index (Phi) is 5.63. The highest BCUT2D eigenvalue weighted by molar-refractivity contribution is 6.07. The fraction of sp³-hybridized carbons (Fsp3) is 0.238. The summed E-state index contributed by atoms with van der Waals surface area (Å²) in [6.45, 7) is 3.54. The number of carbonyl (C=O) groups excluding carboxylic acids is 2. The summed E-state index contributed by atoms with van der Waals surface area (Å²) in [7, 11) is 0. The first kappa shape index (κ1) is 20.4. The Hall–Kier alpha value is -3.29. The van der Waals surface area contributed by atoms with Crippen molar-refractivity contribution < 1.29 is 22.8 Å². The predicted molar refractivity (Wildman–Crippen MR) is 103 cm³/mol. The Morgan fingerprint density at radius 2 is 1.76 bits per heavy atom. The van der Waals surface area contributed by atoms with Crippen LogP contribution in [0.3, 0.4) is 0 Å². The molecule has 5 nitrogen and oxygen atoms in total. The van der Waals surface area contributed by atoms with Crippen LogP contribution in [0, 0.1) is 0 Å². The van der Waals surface area contributed by atoms with Gasteiger partial charge in [0.25, 0.3) is 5.91 Å². The second kappa shape index (κ2) is 7.98. The molecular weight excluding hydrogens is 383 g/mol. The van der Waals surface area contributed by atoms with Crippen LogP contribution in [0.15, 0.2) is 59.8 Å². The molecule has 1 heterocycles. The van der Waals surface area contributed by atoms with Gasteiger partial charge in [-0.05, 0) is 36.6 Å². The number of para-hydroxylation sites is 1. The van der Waals surface area contributed by atoms with Crippen LogP contribution >= 0.6 is 0 Å². The largest absolute Gasteiger partial charge is 0.418 e. The standard InChI is InChI=1S/C21H20F3N3O2/c1-3-13-8-10-14(11-9-13)18-17(12(2)25-20(29)27-18)19(28)26-16-7-5-4-6-15(16)21(22,23)24/h4-11,18H,3H2,1-2H3,(H,26,28)(H2,25,27,29)/t18-/m0/s1. The molecule has 3 amide bonds. The van der Waals surface area contributed by atoms with E-state index in [1.54, 1.807) is 12.1 Å². The molecule has 2 aromatic carbocycles. The summed E-state index contributed by atoms with van der Waals surface area (Å²) >= 11 is 0. The van der Waals surface area contributed by atoms with Gasteiger partial charge in [-0.1, -0.05) is 43.3 Å². The van der Waals surface area contributed by atoms with Crippen molar-refractivity contribution in [3.8, 4) is 0 Å². The number of hydrogen-bond acceptors (Lipinski definition) is 2. The topological polar surface area (TPSA) is 70.2 Å². The van der Waals surface area contributed by atoms with Gasteiger partial charge in [0.1, 0.15) is 0 Å². The van der Waals surface area contributed by atoms with E-state index in [0.717, 1.165) is 18.1 Å². The van der Waals surface area contributed by atoms with Crippen LogP contribution in [-0.4, -0.2) is 11.9 Å². The number of allylic oxidation sites excluding steroid dienone is 1. The second-order valence-corrected chi connectivity index (χ2v) is 6.66. The van der Waals surface area contributed by atoms with Gasteiger partial charge in [0.2, 0.25) is 0 Å². The van der Waals surface area contributed by atoms with Crippen molar-refractivity contribution in [3.63, 3.8) is 0 Å². The maximum atomic E-state index is 13.2. The fourth-order valence-electron chi connectivity index (χ4n) is 3.22. The Morgan fingerprint density at radius 1 is 1.10 bits per heavy atom. The molecule has 2 aromatic rings. The molecule has 29 heavy (non-hydrogen) atoms. The van der Waals surface area contributed by atoms with Gasteiger partial charge >= 0.3 is 12.2 Å². The van der Waals surface area contributed by atoms with Gasteiger partial charge in [-0.3, -0.25) is 4.79 Å². The highest BCUT2D eigenvalue weighted by Gasteiger charge is 2.35. The minimum atomic E-state index is -4.61. The Morgan fingerprint density at radius 3 is 2.38 bits per heavy atom. The number of rotatable bonds is 4. The molecule has 0 aliphatic carbocycles. The molecule has 8 heteroatoms. The molecule has 1 aliphatic heterocycles. The number of halogens is 3. The summed E-state index contributed by atoms with van der Waals surface area (Å²) in [4.78, 5) is 24.9. The zero-order valence-electron chi connectivity index (χ0n) is 15.9. The maximum Gasteiger partial charge on any atom is 0.418 e. The number of hydrogen-bond donors (Lipinski definition) is 3. The van der Waals surface area contributed by atoms with E-state index in [1.807, 2.05) is 19.1 Å². The van der Waals surface area contributed by atoms with Crippen LogP contribution in [0.25, 0.3) is 0 Å². The van der Waals surface area contributed by atoms with E-state index in [9.17, 15) is 22.8 Å². The average Bonchev–Trinajstić information content (AvgIpc) is 2.67. The zero-order chi connectivity index (χ0) is 21.2. The van der Waals surface area contributed by atoms with Gasteiger partial charge in [-0.15, -0.1) is 0 Å². The lowest BCUT2D eigenvalue weighted by atomic mass is 9.93. The van der Waals surface area contributed by atoms with E-state index in [1.165, 1.54) is 25.1 Å². The molecule has 152 valence electrons. The van der Waals surface area contributed by atoms with Gasteiger partial charge in [-0.25, -0.2) is 4.79 Å². The molecule has 0 unspecified atom stereocenters. The Bertz CT molecular complexity index is 966. The van der Waals surface area contributed by atoms with Crippen LogP contribution in [-0.2, 0) is 17.4 Å². The molecule has 3 rings (SSSR count). The number of alkyl halides is 3. The molecule has 0 saturated carbocycles. The lowest BCUT2D eigenvalue weighted by Crippen LogP contribution is -2.46. The number of aryl methyl sites for hydroxylation is 1. The highest BCUT2D eigenvalue weighted by atomic mass is 19.4. The number of benzene rings is 2. The van der Waals surface area contributed by atoms with Crippen molar-refractivity contribution >= 4 is 17.6 Å². The maximum absolute atomic E-state index is 13.2. The molecule has 0 bridgehead atoms. The lowest BCUT2D eigenvalue weighted by Gasteiger charge is -2.29. The summed E-state index contributed by atoms with van der Waals surface area (Å²) in [5.41, 5.74) is 0.877. The summed E-state index contributed by atoms with van der Waals surface area (Å²) in [5, 5.41) is 7.53. The highest BCUT2D eigenvalue weighted by Crippen LogP contribution is 2.35. The molecule has 1 atom stereocenters. The van der Waals surface area contributed by atoms with Crippen LogP contribution < -0.4 is 16.0 Å². The third-order valence-corrected chi connectivity index (χ3v) is 4.72. The number of carbonyl (C=O) groups is 2. The van der Waals surface area contributed by atoms with E-state index in [2.05, 4.69) is 16.0 Å². The summed E-state index contributed by atoms with van der Waals surface area (Å²) < 4.78 is 39.7. The second-order valence-electron chi connectivity index (χ2n) is 6.66. The van der Waals surface area contributed by atoms with Crippen LogP contribution in [0.1, 0.15) is 36.6 Å². The minimum absolute atomic E-state index is 0.144. The van der Waals surface area contributed by atoms with Gasteiger partial charge in [0, 0.05) is 5.70 Å². The van der Waals surface area contributed by atoms with Crippen LogP contribution in [0.5, 0.6) is 0 Å². The van der Waals surface area contributed by atoms with Crippen LogP contribution in [0.4, 0.5) is 23.7 Å². The van der Waals surface area contributed by atoms with Crippen molar-refractivity contribution in [3.05, 3.63) is 76.5 Å². The predicted octanol–water partition coefficient (Wildman–Crippen LogP) is 4.53. The van der Waals surface area contributed by atoms with E-state index in [0.29, 0.717) is 5.56 Å². The molecule has 0 fully saturated rings. The Balaban J connectivity index is 1.96. The van der Waals surface area contributed by atoms with Crippen LogP contribution in [0.2, 0.25) is 0 Å². The monoisotopic (exact) mass is 403 g/mol. The van der Waals surface area contributed by atoms with E-state index < -0.39 is 29.7 Å². The van der Waals surface area contributed by atoms with Gasteiger partial charge in [0.15, 0.2) is 0 Å². The van der Waals surface area contributed by atoms with Crippen molar-refractivity contribution in [1.29, 1.82) is 0 Å². The van der Waals surface area contributed by atoms with Crippen molar-refractivity contribution in [2.75, 3.05) is 5.32 Å². The number of amides is 3. The van der Waals surface area contributed by atoms with Gasteiger partial charge < -0.3 is 16.0 Å². The van der Waals surface area contributed by atoms with Crippen molar-refractivity contribution in [2.24, 2.45) is 0 Å². The number of anilines is 1. The molecule has 0 saturated heterocycles. The quantitative estimate of drug-likeness (QED) is 0.702. The van der Waals surface area contributed by atoms with E-state index in [-0.39, 0.29) is 17.0 Å². The smallest absolute Gasteiger partial charge is 0.327 e. The van der Waals surface area contributed by atoms with Crippen molar-refractivity contribution in [2.45, 2.75) is 32.5 Å². The zero-order valence-corrected chi connectivity index (χ0v) is 15.9. The first-order chi connectivity index (χ1) is 13.7. The van der Waals surface area contributed by atoms with E-state index >= 15 is 0 Å². The third-order valence-electron chi connectivity index (χ3n) is 4.72. The first-order valence-corrected chi connectivity index (χ1v) is 9.05. The molecule has 0 aromatic heterocycles. The summed E-state index contributed by atoms with van der Waals surface area (Å²) in [6, 6.07) is 10.8. The first-order valence-electron chi connectivity index (χ1n) is 9.05. The molecular formula is C21H20F3N3O2. The Labute approximate surface area is 166 Å². The minimum Gasteiger partial charge on any atom is -0.327 e. The molecule has 0 spiro atoms. The molecule has 0 radical (unpaired) electrons.